The molecule has 0 fully saturated rings. The van der Waals surface area contributed by atoms with Crippen LogP contribution in [0.3, 0.4) is 0 Å². The van der Waals surface area contributed by atoms with Crippen molar-refractivity contribution in [3.63, 3.8) is 0 Å². The van der Waals surface area contributed by atoms with Crippen LogP contribution in [0.25, 0.3) is 0 Å². The highest BCUT2D eigenvalue weighted by molar-refractivity contribution is 8.03. The van der Waals surface area contributed by atoms with Gasteiger partial charge in [0.2, 0.25) is 11.8 Å². The molecule has 2 aliphatic rings. The molecule has 1 atom stereocenters. The second-order valence-electron chi connectivity index (χ2n) is 8.48. The molecule has 33 heavy (non-hydrogen) atoms. The number of fused-ring (bicyclic) bond motifs is 1. The summed E-state index contributed by atoms with van der Waals surface area (Å²) in [5.74, 6) is 0.553. The third kappa shape index (κ3) is 5.79. The molecular weight excluding hydrogens is 438 g/mol. The quantitative estimate of drug-likeness (QED) is 0.541. The molecule has 0 aliphatic carbocycles. The fraction of sp³-hybridized carbons (Fsp3) is 0.417. The van der Waals surface area contributed by atoms with Crippen LogP contribution in [0.2, 0.25) is 0 Å². The Balaban J connectivity index is 1.52. The first kappa shape index (κ1) is 23.4. The van der Waals surface area contributed by atoms with Gasteiger partial charge in [-0.2, -0.15) is 4.98 Å². The highest BCUT2D eigenvalue weighted by atomic mass is 32.2. The number of hydrogen-bond acceptors (Lipinski definition) is 8. The summed E-state index contributed by atoms with van der Waals surface area (Å²) < 4.78 is 10.7. The number of rotatable bonds is 9. The molecule has 1 amide bonds. The maximum absolute atomic E-state index is 12.4. The van der Waals surface area contributed by atoms with Crippen LogP contribution in [0.1, 0.15) is 22.8 Å². The van der Waals surface area contributed by atoms with Gasteiger partial charge >= 0.3 is 0 Å². The van der Waals surface area contributed by atoms with Crippen LogP contribution < -0.4 is 20.7 Å². The SMILES string of the molecule is COCCOc1cc2c(c(N)n1)NC(=O)CN2Cc1cccc(C2CC=C(CN(C)C)S2)c1. The van der Waals surface area contributed by atoms with Gasteiger partial charge in [0, 0.05) is 31.5 Å². The predicted molar refractivity (Wildman–Crippen MR) is 134 cm³/mol. The molecule has 1 unspecified atom stereocenters. The lowest BCUT2D eigenvalue weighted by atomic mass is 10.0. The van der Waals surface area contributed by atoms with Crippen molar-refractivity contribution in [1.82, 2.24) is 9.88 Å². The second kappa shape index (κ2) is 10.5. The van der Waals surface area contributed by atoms with Gasteiger partial charge in [0.05, 0.1) is 18.8 Å². The standard InChI is InChI=1S/C24H31N5O3S/c1-28(2)14-18-7-8-20(33-18)17-6-4-5-16(11-17)13-29-15-21(30)26-23-19(29)12-22(27-24(23)25)32-10-9-31-3/h4-7,11-12,20H,8-10,13-15H2,1-3H3,(H2,25,27)(H,26,30). The summed E-state index contributed by atoms with van der Waals surface area (Å²) in [4.78, 5) is 22.3. The number of nitrogen functional groups attached to an aromatic ring is 1. The Morgan fingerprint density at radius 3 is 2.94 bits per heavy atom. The average molecular weight is 470 g/mol. The van der Waals surface area contributed by atoms with Crippen LogP contribution in [-0.4, -0.2) is 63.3 Å². The van der Waals surface area contributed by atoms with Crippen LogP contribution in [0.5, 0.6) is 5.88 Å². The third-order valence-electron chi connectivity index (χ3n) is 5.50. The molecule has 3 N–H and O–H groups in total. The van der Waals surface area contributed by atoms with Crippen molar-refractivity contribution in [3.05, 3.63) is 52.4 Å². The first-order valence-corrected chi connectivity index (χ1v) is 11.9. The minimum Gasteiger partial charge on any atom is -0.475 e. The molecule has 0 saturated carbocycles. The summed E-state index contributed by atoms with van der Waals surface area (Å²) in [7, 11) is 5.81. The van der Waals surface area contributed by atoms with Gasteiger partial charge in [0.15, 0.2) is 5.82 Å². The number of ether oxygens (including phenoxy) is 2. The first-order chi connectivity index (χ1) is 15.9. The highest BCUT2D eigenvalue weighted by Gasteiger charge is 2.26. The van der Waals surface area contributed by atoms with Gasteiger partial charge in [-0.15, -0.1) is 11.8 Å². The van der Waals surface area contributed by atoms with Gasteiger partial charge in [-0.25, -0.2) is 0 Å². The number of pyridine rings is 1. The van der Waals surface area contributed by atoms with Crippen molar-refractivity contribution in [2.45, 2.75) is 18.2 Å². The highest BCUT2D eigenvalue weighted by Crippen LogP contribution is 2.44. The van der Waals surface area contributed by atoms with E-state index in [1.165, 1.54) is 10.5 Å². The number of thioether (sulfide) groups is 1. The molecule has 8 nitrogen and oxygen atoms in total. The van der Waals surface area contributed by atoms with Gasteiger partial charge in [0.1, 0.15) is 12.3 Å². The second-order valence-corrected chi connectivity index (χ2v) is 9.81. The molecular formula is C24H31N5O3S. The fourth-order valence-electron chi connectivity index (χ4n) is 4.03. The van der Waals surface area contributed by atoms with Crippen LogP contribution >= 0.6 is 11.8 Å². The average Bonchev–Trinajstić information content (AvgIpc) is 3.23. The van der Waals surface area contributed by atoms with E-state index in [4.69, 9.17) is 15.2 Å². The number of likely N-dealkylation sites (N-methyl/N-ethyl adjacent to an activating group) is 1. The maximum Gasteiger partial charge on any atom is 0.244 e. The third-order valence-corrected chi connectivity index (χ3v) is 6.85. The van der Waals surface area contributed by atoms with Crippen LogP contribution in [0.4, 0.5) is 17.2 Å². The summed E-state index contributed by atoms with van der Waals surface area (Å²) in [6, 6.07) is 10.5. The smallest absolute Gasteiger partial charge is 0.244 e. The molecule has 3 heterocycles. The van der Waals surface area contributed by atoms with Gasteiger partial charge in [-0.3, -0.25) is 4.79 Å². The number of carbonyl (C=O) groups is 1. The number of benzene rings is 1. The van der Waals surface area contributed by atoms with Crippen molar-refractivity contribution in [2.75, 3.05) is 63.5 Å². The molecule has 0 radical (unpaired) electrons. The van der Waals surface area contributed by atoms with E-state index in [0.29, 0.717) is 36.6 Å². The van der Waals surface area contributed by atoms with E-state index in [2.05, 4.69) is 59.6 Å². The molecule has 1 aromatic heterocycles. The number of carbonyl (C=O) groups excluding carboxylic acids is 1. The van der Waals surface area contributed by atoms with E-state index in [1.54, 1.807) is 7.11 Å². The number of nitrogens with zero attached hydrogens (tertiary/aromatic N) is 3. The number of hydrogen-bond donors (Lipinski definition) is 2. The van der Waals surface area contributed by atoms with E-state index in [1.807, 2.05) is 22.7 Å². The molecule has 0 bridgehead atoms. The lowest BCUT2D eigenvalue weighted by Gasteiger charge is -2.32. The molecule has 9 heteroatoms. The largest absolute Gasteiger partial charge is 0.475 e. The van der Waals surface area contributed by atoms with E-state index in [-0.39, 0.29) is 18.3 Å². The van der Waals surface area contributed by atoms with Gasteiger partial charge < -0.3 is 30.3 Å². The Morgan fingerprint density at radius 1 is 1.30 bits per heavy atom. The molecule has 4 rings (SSSR count). The van der Waals surface area contributed by atoms with Crippen molar-refractivity contribution in [3.8, 4) is 5.88 Å². The topological polar surface area (TPSA) is 92.9 Å². The lowest BCUT2D eigenvalue weighted by molar-refractivity contribution is -0.115. The lowest BCUT2D eigenvalue weighted by Crippen LogP contribution is -2.38. The Morgan fingerprint density at radius 2 is 2.15 bits per heavy atom. The molecule has 2 aliphatic heterocycles. The molecule has 176 valence electrons. The normalized spacial score (nSPS) is 17.7. The molecule has 0 spiro atoms. The number of methoxy groups -OCH3 is 1. The molecule has 1 aromatic carbocycles. The zero-order chi connectivity index (χ0) is 23.4. The summed E-state index contributed by atoms with van der Waals surface area (Å²) >= 11 is 1.94. The van der Waals surface area contributed by atoms with Gasteiger partial charge in [-0.1, -0.05) is 30.3 Å². The van der Waals surface area contributed by atoms with Crippen molar-refractivity contribution < 1.29 is 14.3 Å². The summed E-state index contributed by atoms with van der Waals surface area (Å²) in [6.07, 6.45) is 3.38. The number of aromatic nitrogens is 1. The zero-order valence-corrected chi connectivity index (χ0v) is 20.2. The Hall–Kier alpha value is -2.75. The molecule has 2 aromatic rings. The first-order valence-electron chi connectivity index (χ1n) is 11.0. The number of nitrogens with one attached hydrogen (secondary N) is 1. The Kier molecular flexibility index (Phi) is 7.42. The van der Waals surface area contributed by atoms with Gasteiger partial charge in [-0.05, 0) is 36.5 Å². The number of anilines is 3. The summed E-state index contributed by atoms with van der Waals surface area (Å²) in [5, 5.41) is 3.28. The maximum atomic E-state index is 12.4. The van der Waals surface area contributed by atoms with Gasteiger partial charge in [0.25, 0.3) is 0 Å². The van der Waals surface area contributed by atoms with Crippen molar-refractivity contribution in [1.29, 1.82) is 0 Å². The minimum atomic E-state index is -0.107. The van der Waals surface area contributed by atoms with E-state index >= 15 is 0 Å². The zero-order valence-electron chi connectivity index (χ0n) is 19.3. The predicted octanol–water partition coefficient (Wildman–Crippen LogP) is 3.27. The number of amides is 1. The van der Waals surface area contributed by atoms with Crippen LogP contribution in [-0.2, 0) is 16.1 Å². The fourth-order valence-corrected chi connectivity index (χ4v) is 5.40. The molecule has 0 saturated heterocycles. The summed E-state index contributed by atoms with van der Waals surface area (Å²) in [6.45, 7) is 2.63. The van der Waals surface area contributed by atoms with Crippen LogP contribution in [0.15, 0.2) is 41.3 Å². The monoisotopic (exact) mass is 469 g/mol. The minimum absolute atomic E-state index is 0.107. The van der Waals surface area contributed by atoms with Crippen molar-refractivity contribution in [2.24, 2.45) is 0 Å². The number of allylic oxidation sites excluding steroid dienone is 1. The number of nitrogens with two attached hydrogens (primary N) is 1. The Bertz CT molecular complexity index is 1040. The Labute approximate surface area is 199 Å². The van der Waals surface area contributed by atoms with Crippen LogP contribution in [0, 0.1) is 0 Å². The summed E-state index contributed by atoms with van der Waals surface area (Å²) in [5.41, 5.74) is 9.94. The van der Waals surface area contributed by atoms with E-state index < -0.39 is 0 Å². The van der Waals surface area contributed by atoms with Crippen molar-refractivity contribution >= 4 is 34.9 Å². The van der Waals surface area contributed by atoms with E-state index in [0.717, 1.165) is 24.2 Å². The van der Waals surface area contributed by atoms with E-state index in [9.17, 15) is 4.79 Å².